The molecule has 1 aromatic carbocycles. The lowest BCUT2D eigenvalue weighted by atomic mass is 10.2. The molecule has 0 atom stereocenters. The summed E-state index contributed by atoms with van der Waals surface area (Å²) in [7, 11) is 1.26. The van der Waals surface area contributed by atoms with Crippen LogP contribution in [0.3, 0.4) is 0 Å². The molecule has 0 spiro atoms. The number of halogens is 1. The fraction of sp³-hybridized carbons (Fsp3) is 0.333. The topological polar surface area (TPSA) is 52.6 Å². The van der Waals surface area contributed by atoms with Crippen molar-refractivity contribution in [2.75, 3.05) is 20.3 Å². The predicted molar refractivity (Wildman–Crippen MR) is 80.3 cm³/mol. The van der Waals surface area contributed by atoms with Crippen LogP contribution in [-0.4, -0.2) is 32.1 Å². The van der Waals surface area contributed by atoms with Gasteiger partial charge in [-0.15, -0.1) is 0 Å². The summed E-state index contributed by atoms with van der Waals surface area (Å²) in [4.78, 5) is 22.1. The minimum Gasteiger partial charge on any atom is -0.469 e. The molecule has 4 nitrogen and oxygen atoms in total. The van der Waals surface area contributed by atoms with Crippen molar-refractivity contribution >= 4 is 33.8 Å². The number of esters is 1. The molecule has 5 heteroatoms. The summed E-state index contributed by atoms with van der Waals surface area (Å²) < 4.78 is 10.7. The molecule has 0 radical (unpaired) electrons. The highest BCUT2D eigenvalue weighted by Crippen LogP contribution is 2.12. The third-order valence-electron chi connectivity index (χ3n) is 2.47. The van der Waals surface area contributed by atoms with E-state index >= 15 is 0 Å². The summed E-state index contributed by atoms with van der Waals surface area (Å²) in [5.74, 6) is -0.683. The van der Waals surface area contributed by atoms with Crippen molar-refractivity contribution in [3.63, 3.8) is 0 Å². The van der Waals surface area contributed by atoms with Gasteiger partial charge in [0.2, 0.25) is 0 Å². The van der Waals surface area contributed by atoms with Crippen LogP contribution in [0.5, 0.6) is 0 Å². The molecule has 1 aromatic rings. The van der Waals surface area contributed by atoms with E-state index in [9.17, 15) is 9.59 Å². The fourth-order valence-corrected chi connectivity index (χ4v) is 1.87. The summed E-state index contributed by atoms with van der Waals surface area (Å²) in [6.45, 7) is 0.733. The summed E-state index contributed by atoms with van der Waals surface area (Å²) in [5.41, 5.74) is 1.07. The maximum Gasteiger partial charge on any atom is 0.313 e. The molecule has 0 bridgehead atoms. The Morgan fingerprint density at radius 2 is 2.15 bits per heavy atom. The smallest absolute Gasteiger partial charge is 0.313 e. The van der Waals surface area contributed by atoms with E-state index in [2.05, 4.69) is 20.7 Å². The summed E-state index contributed by atoms with van der Waals surface area (Å²) in [6, 6.07) is 7.90. The van der Waals surface area contributed by atoms with Gasteiger partial charge in [0.1, 0.15) is 12.2 Å². The average Bonchev–Trinajstić information content (AvgIpc) is 2.42. The Hall–Kier alpha value is -1.46. The lowest BCUT2D eigenvalue weighted by Gasteiger charge is -2.01. The van der Waals surface area contributed by atoms with Gasteiger partial charge in [0.05, 0.1) is 20.3 Å². The van der Waals surface area contributed by atoms with Gasteiger partial charge in [-0.2, -0.15) is 0 Å². The van der Waals surface area contributed by atoms with E-state index < -0.39 is 5.97 Å². The first kappa shape index (κ1) is 16.6. The Bertz CT molecular complexity index is 483. The molecule has 0 N–H and O–H groups in total. The predicted octanol–water partition coefficient (Wildman–Crippen LogP) is 3.00. The Labute approximate surface area is 126 Å². The SMILES string of the molecule is COC(=O)CC(=O)CCOC/C=C/c1cccc(Br)c1. The lowest BCUT2D eigenvalue weighted by Crippen LogP contribution is -2.11. The van der Waals surface area contributed by atoms with Crippen molar-refractivity contribution in [1.82, 2.24) is 0 Å². The van der Waals surface area contributed by atoms with E-state index in [0.717, 1.165) is 10.0 Å². The third-order valence-corrected chi connectivity index (χ3v) is 2.96. The van der Waals surface area contributed by atoms with Gasteiger partial charge < -0.3 is 9.47 Å². The van der Waals surface area contributed by atoms with Crippen molar-refractivity contribution in [3.05, 3.63) is 40.4 Å². The normalized spacial score (nSPS) is 10.7. The van der Waals surface area contributed by atoms with E-state index in [1.807, 2.05) is 36.4 Å². The number of hydrogen-bond acceptors (Lipinski definition) is 4. The monoisotopic (exact) mass is 340 g/mol. The highest BCUT2D eigenvalue weighted by Gasteiger charge is 2.08. The van der Waals surface area contributed by atoms with Gasteiger partial charge >= 0.3 is 5.97 Å². The van der Waals surface area contributed by atoms with Crippen molar-refractivity contribution in [2.24, 2.45) is 0 Å². The van der Waals surface area contributed by atoms with Crippen molar-refractivity contribution in [1.29, 1.82) is 0 Å². The number of carbonyl (C=O) groups is 2. The van der Waals surface area contributed by atoms with Crippen LogP contribution in [0.25, 0.3) is 6.08 Å². The van der Waals surface area contributed by atoms with Crippen LogP contribution in [-0.2, 0) is 19.1 Å². The second kappa shape index (κ2) is 9.44. The van der Waals surface area contributed by atoms with E-state index in [4.69, 9.17) is 4.74 Å². The molecule has 0 fully saturated rings. The van der Waals surface area contributed by atoms with Gasteiger partial charge in [-0.3, -0.25) is 9.59 Å². The van der Waals surface area contributed by atoms with Gasteiger partial charge in [-0.1, -0.05) is 40.2 Å². The number of ether oxygens (including phenoxy) is 2. The highest BCUT2D eigenvalue weighted by atomic mass is 79.9. The van der Waals surface area contributed by atoms with Gasteiger partial charge in [-0.05, 0) is 17.7 Å². The van der Waals surface area contributed by atoms with Crippen molar-refractivity contribution < 1.29 is 19.1 Å². The van der Waals surface area contributed by atoms with Crippen LogP contribution in [0.4, 0.5) is 0 Å². The maximum atomic E-state index is 11.3. The minimum absolute atomic E-state index is 0.173. The number of ketones is 1. The number of methoxy groups -OCH3 is 1. The number of hydrogen-bond donors (Lipinski definition) is 0. The Morgan fingerprint density at radius 1 is 1.35 bits per heavy atom. The highest BCUT2D eigenvalue weighted by molar-refractivity contribution is 9.10. The number of rotatable bonds is 8. The van der Waals surface area contributed by atoms with Crippen LogP contribution in [0.15, 0.2) is 34.8 Å². The van der Waals surface area contributed by atoms with Gasteiger partial charge in [0.25, 0.3) is 0 Å². The first-order valence-electron chi connectivity index (χ1n) is 6.20. The molecule has 0 amide bonds. The second-order valence-electron chi connectivity index (χ2n) is 4.07. The molecule has 108 valence electrons. The lowest BCUT2D eigenvalue weighted by molar-refractivity contribution is -0.143. The number of benzene rings is 1. The molecule has 0 unspecified atom stereocenters. The van der Waals surface area contributed by atoms with Crippen LogP contribution >= 0.6 is 15.9 Å². The van der Waals surface area contributed by atoms with Gasteiger partial charge in [0, 0.05) is 10.9 Å². The first-order valence-corrected chi connectivity index (χ1v) is 6.99. The van der Waals surface area contributed by atoms with Crippen LogP contribution < -0.4 is 0 Å². The third kappa shape index (κ3) is 7.21. The summed E-state index contributed by atoms with van der Waals surface area (Å²) in [6.07, 6.45) is 3.86. The quantitative estimate of drug-likeness (QED) is 0.414. The first-order chi connectivity index (χ1) is 9.61. The van der Waals surface area contributed by atoms with Gasteiger partial charge in [-0.25, -0.2) is 0 Å². The number of carbonyl (C=O) groups excluding carboxylic acids is 2. The Morgan fingerprint density at radius 3 is 2.85 bits per heavy atom. The number of Topliss-reactive ketones (excluding diaryl/α,β-unsaturated/α-hetero) is 1. The zero-order valence-electron chi connectivity index (χ0n) is 11.3. The molecule has 0 aliphatic carbocycles. The standard InChI is InChI=1S/C15H17BrO4/c1-19-15(18)11-14(17)7-9-20-8-3-5-12-4-2-6-13(16)10-12/h2-6,10H,7-9,11H2,1H3/b5-3+. The molecule has 20 heavy (non-hydrogen) atoms. The molecular formula is C15H17BrO4. The van der Waals surface area contributed by atoms with Crippen molar-refractivity contribution in [3.8, 4) is 0 Å². The molecule has 0 saturated carbocycles. The fourth-order valence-electron chi connectivity index (χ4n) is 1.45. The van der Waals surface area contributed by atoms with E-state index in [-0.39, 0.29) is 18.6 Å². The summed E-state index contributed by atoms with van der Waals surface area (Å²) >= 11 is 3.40. The van der Waals surface area contributed by atoms with Crippen LogP contribution in [0.2, 0.25) is 0 Å². The largest absolute Gasteiger partial charge is 0.469 e. The zero-order valence-corrected chi connectivity index (χ0v) is 12.9. The molecule has 0 heterocycles. The van der Waals surface area contributed by atoms with E-state index in [1.54, 1.807) is 0 Å². The summed E-state index contributed by atoms with van der Waals surface area (Å²) in [5, 5.41) is 0. The van der Waals surface area contributed by atoms with E-state index in [1.165, 1.54) is 7.11 Å². The van der Waals surface area contributed by atoms with E-state index in [0.29, 0.717) is 13.2 Å². The Kier molecular flexibility index (Phi) is 7.84. The second-order valence-corrected chi connectivity index (χ2v) is 4.99. The molecule has 0 aliphatic rings. The van der Waals surface area contributed by atoms with Crippen LogP contribution in [0, 0.1) is 0 Å². The van der Waals surface area contributed by atoms with Gasteiger partial charge in [0.15, 0.2) is 0 Å². The zero-order chi connectivity index (χ0) is 14.8. The molecule has 0 saturated heterocycles. The maximum absolute atomic E-state index is 11.3. The Balaban J connectivity index is 2.16. The molecule has 1 rings (SSSR count). The average molecular weight is 341 g/mol. The van der Waals surface area contributed by atoms with Crippen LogP contribution in [0.1, 0.15) is 18.4 Å². The van der Waals surface area contributed by atoms with Crippen molar-refractivity contribution in [2.45, 2.75) is 12.8 Å². The minimum atomic E-state index is -0.510. The molecule has 0 aromatic heterocycles. The molecule has 0 aliphatic heterocycles. The molecular weight excluding hydrogens is 324 g/mol.